The van der Waals surface area contributed by atoms with Gasteiger partial charge in [0.05, 0.1) is 12.7 Å². The van der Waals surface area contributed by atoms with Gasteiger partial charge in [0.15, 0.2) is 0 Å². The molecular formula is C16H18N2O3. The monoisotopic (exact) mass is 286 g/mol. The topological polar surface area (TPSA) is 71.5 Å². The highest BCUT2D eigenvalue weighted by molar-refractivity contribution is 6.04. The van der Waals surface area contributed by atoms with Crippen LogP contribution in [0.5, 0.6) is 5.88 Å². The Morgan fingerprint density at radius 1 is 1.33 bits per heavy atom. The summed E-state index contributed by atoms with van der Waals surface area (Å²) in [4.78, 5) is 16.1. The van der Waals surface area contributed by atoms with Crippen molar-refractivity contribution in [1.82, 2.24) is 4.98 Å². The van der Waals surface area contributed by atoms with Crippen molar-refractivity contribution in [3.05, 3.63) is 53.7 Å². The van der Waals surface area contributed by atoms with Crippen LogP contribution in [0.1, 0.15) is 22.3 Å². The fourth-order valence-electron chi connectivity index (χ4n) is 1.93. The first-order valence-corrected chi connectivity index (χ1v) is 6.74. The molecule has 1 aromatic heterocycles. The molecule has 0 bridgehead atoms. The standard InChI is InChI=1S/C16H18N2O3/c1-21-15-8-7-13(11-17-15)16(20)18-14-6-2-4-12(10-14)5-3-9-19/h2,4,6-8,10-11,19H,3,5,9H2,1H3,(H,18,20). The van der Waals surface area contributed by atoms with Gasteiger partial charge >= 0.3 is 0 Å². The summed E-state index contributed by atoms with van der Waals surface area (Å²) in [6.07, 6.45) is 2.97. The number of aliphatic hydroxyl groups excluding tert-OH is 1. The fourth-order valence-corrected chi connectivity index (χ4v) is 1.93. The van der Waals surface area contributed by atoms with E-state index in [1.54, 1.807) is 12.1 Å². The molecule has 2 rings (SSSR count). The minimum Gasteiger partial charge on any atom is -0.481 e. The van der Waals surface area contributed by atoms with Gasteiger partial charge in [0.2, 0.25) is 5.88 Å². The molecule has 110 valence electrons. The van der Waals surface area contributed by atoms with E-state index in [-0.39, 0.29) is 12.5 Å². The van der Waals surface area contributed by atoms with E-state index in [2.05, 4.69) is 10.3 Å². The van der Waals surface area contributed by atoms with Gasteiger partial charge in [0.25, 0.3) is 5.91 Å². The Balaban J connectivity index is 2.04. The zero-order valence-corrected chi connectivity index (χ0v) is 11.9. The van der Waals surface area contributed by atoms with E-state index in [1.165, 1.54) is 13.3 Å². The number of carbonyl (C=O) groups excluding carboxylic acids is 1. The molecule has 0 spiro atoms. The fraction of sp³-hybridized carbons (Fsp3) is 0.250. The molecule has 0 radical (unpaired) electrons. The van der Waals surface area contributed by atoms with Crippen LogP contribution in [-0.4, -0.2) is 29.7 Å². The van der Waals surface area contributed by atoms with Crippen LogP contribution >= 0.6 is 0 Å². The highest BCUT2D eigenvalue weighted by Gasteiger charge is 2.07. The SMILES string of the molecule is COc1ccc(C(=O)Nc2cccc(CCCO)c2)cn1. The van der Waals surface area contributed by atoms with Gasteiger partial charge in [-0.25, -0.2) is 4.98 Å². The molecule has 5 heteroatoms. The third-order valence-corrected chi connectivity index (χ3v) is 3.02. The van der Waals surface area contributed by atoms with Crippen molar-refractivity contribution >= 4 is 11.6 Å². The van der Waals surface area contributed by atoms with Gasteiger partial charge in [-0.05, 0) is 36.6 Å². The van der Waals surface area contributed by atoms with Crippen molar-refractivity contribution in [3.8, 4) is 5.88 Å². The number of amides is 1. The summed E-state index contributed by atoms with van der Waals surface area (Å²) in [6, 6.07) is 10.9. The first-order chi connectivity index (χ1) is 10.2. The van der Waals surface area contributed by atoms with Crippen LogP contribution in [0.2, 0.25) is 0 Å². The Morgan fingerprint density at radius 3 is 2.86 bits per heavy atom. The maximum absolute atomic E-state index is 12.1. The Kier molecular flexibility index (Phi) is 5.29. The number of carbonyl (C=O) groups is 1. The molecule has 5 nitrogen and oxygen atoms in total. The second-order valence-electron chi connectivity index (χ2n) is 4.57. The molecule has 0 atom stereocenters. The summed E-state index contributed by atoms with van der Waals surface area (Å²) in [5.74, 6) is 0.252. The average molecular weight is 286 g/mol. The Hall–Kier alpha value is -2.40. The largest absolute Gasteiger partial charge is 0.481 e. The molecule has 0 aliphatic rings. The van der Waals surface area contributed by atoms with Crippen LogP contribution in [0, 0.1) is 0 Å². The molecule has 2 aromatic rings. The predicted molar refractivity (Wildman–Crippen MR) is 80.6 cm³/mol. The molecule has 1 heterocycles. The Morgan fingerprint density at radius 2 is 2.19 bits per heavy atom. The summed E-state index contributed by atoms with van der Waals surface area (Å²) in [5, 5.41) is 11.7. The normalized spacial score (nSPS) is 10.2. The van der Waals surface area contributed by atoms with Crippen molar-refractivity contribution in [1.29, 1.82) is 0 Å². The lowest BCUT2D eigenvalue weighted by atomic mass is 10.1. The molecule has 0 aliphatic carbocycles. The second kappa shape index (κ2) is 7.40. The predicted octanol–water partition coefficient (Wildman–Crippen LogP) is 2.27. The Bertz CT molecular complexity index is 597. The zero-order chi connectivity index (χ0) is 15.1. The molecule has 0 saturated carbocycles. The number of hydrogen-bond acceptors (Lipinski definition) is 4. The lowest BCUT2D eigenvalue weighted by Gasteiger charge is -2.07. The highest BCUT2D eigenvalue weighted by atomic mass is 16.5. The number of anilines is 1. The van der Waals surface area contributed by atoms with E-state index in [9.17, 15) is 4.79 Å². The van der Waals surface area contributed by atoms with Crippen molar-refractivity contribution in [2.24, 2.45) is 0 Å². The van der Waals surface area contributed by atoms with Crippen molar-refractivity contribution in [2.75, 3.05) is 19.0 Å². The summed E-state index contributed by atoms with van der Waals surface area (Å²) in [6.45, 7) is 0.161. The molecule has 21 heavy (non-hydrogen) atoms. The van der Waals surface area contributed by atoms with Gasteiger partial charge in [-0.3, -0.25) is 4.79 Å². The van der Waals surface area contributed by atoms with Crippen LogP contribution in [0.25, 0.3) is 0 Å². The number of benzene rings is 1. The van der Waals surface area contributed by atoms with Crippen LogP contribution in [0.4, 0.5) is 5.69 Å². The number of aromatic nitrogens is 1. The Labute approximate surface area is 123 Å². The number of aryl methyl sites for hydroxylation is 1. The molecule has 1 amide bonds. The molecule has 1 aromatic carbocycles. The van der Waals surface area contributed by atoms with Crippen LogP contribution < -0.4 is 10.1 Å². The molecule has 0 fully saturated rings. The number of aliphatic hydroxyl groups is 1. The zero-order valence-electron chi connectivity index (χ0n) is 11.9. The minimum absolute atomic E-state index is 0.161. The number of hydrogen-bond donors (Lipinski definition) is 2. The summed E-state index contributed by atoms with van der Waals surface area (Å²) in [7, 11) is 1.53. The van der Waals surface area contributed by atoms with Crippen LogP contribution in [0.15, 0.2) is 42.6 Å². The van der Waals surface area contributed by atoms with Crippen LogP contribution in [-0.2, 0) is 6.42 Å². The molecule has 2 N–H and O–H groups in total. The quantitative estimate of drug-likeness (QED) is 0.854. The molecule has 0 aliphatic heterocycles. The number of nitrogens with zero attached hydrogens (tertiary/aromatic N) is 1. The second-order valence-corrected chi connectivity index (χ2v) is 4.57. The van der Waals surface area contributed by atoms with E-state index in [4.69, 9.17) is 9.84 Å². The lowest BCUT2D eigenvalue weighted by molar-refractivity contribution is 0.102. The van der Waals surface area contributed by atoms with E-state index in [0.29, 0.717) is 17.9 Å². The van der Waals surface area contributed by atoms with Crippen molar-refractivity contribution in [3.63, 3.8) is 0 Å². The van der Waals surface area contributed by atoms with E-state index >= 15 is 0 Å². The number of methoxy groups -OCH3 is 1. The number of pyridine rings is 1. The smallest absolute Gasteiger partial charge is 0.257 e. The van der Waals surface area contributed by atoms with Gasteiger partial charge in [0, 0.05) is 24.6 Å². The third kappa shape index (κ3) is 4.29. The molecule has 0 saturated heterocycles. The van der Waals surface area contributed by atoms with E-state index in [0.717, 1.165) is 17.7 Å². The summed E-state index contributed by atoms with van der Waals surface area (Å²) < 4.78 is 4.96. The van der Waals surface area contributed by atoms with Crippen molar-refractivity contribution in [2.45, 2.75) is 12.8 Å². The van der Waals surface area contributed by atoms with Gasteiger partial charge < -0.3 is 15.2 Å². The van der Waals surface area contributed by atoms with Gasteiger partial charge in [-0.2, -0.15) is 0 Å². The average Bonchev–Trinajstić information content (AvgIpc) is 2.53. The third-order valence-electron chi connectivity index (χ3n) is 3.02. The van der Waals surface area contributed by atoms with E-state index in [1.807, 2.05) is 24.3 Å². The summed E-state index contributed by atoms with van der Waals surface area (Å²) in [5.41, 5.74) is 2.28. The van der Waals surface area contributed by atoms with Crippen molar-refractivity contribution < 1.29 is 14.6 Å². The van der Waals surface area contributed by atoms with Gasteiger partial charge in [0.1, 0.15) is 0 Å². The number of ether oxygens (including phenoxy) is 1. The number of nitrogens with one attached hydrogen (secondary N) is 1. The highest BCUT2D eigenvalue weighted by Crippen LogP contribution is 2.14. The van der Waals surface area contributed by atoms with Gasteiger partial charge in [-0.15, -0.1) is 0 Å². The first kappa shape index (κ1) is 15.0. The first-order valence-electron chi connectivity index (χ1n) is 6.74. The number of rotatable bonds is 6. The van der Waals surface area contributed by atoms with Crippen LogP contribution in [0.3, 0.4) is 0 Å². The molecule has 0 unspecified atom stereocenters. The summed E-state index contributed by atoms with van der Waals surface area (Å²) >= 11 is 0. The lowest BCUT2D eigenvalue weighted by Crippen LogP contribution is -2.12. The maximum atomic E-state index is 12.1. The van der Waals surface area contributed by atoms with E-state index < -0.39 is 0 Å². The minimum atomic E-state index is -0.218. The maximum Gasteiger partial charge on any atom is 0.257 e. The molecular weight excluding hydrogens is 268 g/mol. The van der Waals surface area contributed by atoms with Gasteiger partial charge in [-0.1, -0.05) is 12.1 Å².